The second-order valence-corrected chi connectivity index (χ2v) is 7.58. The first kappa shape index (κ1) is 15.3. The molecule has 2 heterocycles. The van der Waals surface area contributed by atoms with Crippen molar-refractivity contribution >= 4 is 31.5 Å². The average molecular weight is 351 g/mol. The Labute approximate surface area is 156 Å². The number of fused-ring (bicyclic) bond motifs is 3. The minimum Gasteiger partial charge on any atom is -0.253 e. The van der Waals surface area contributed by atoms with E-state index in [0.717, 1.165) is 11.4 Å². The molecule has 0 saturated heterocycles. The number of hydrogen-bond donors (Lipinski definition) is 0. The molecule has 0 saturated carbocycles. The Morgan fingerprint density at radius 1 is 0.692 bits per heavy atom. The number of aromatic nitrogens is 1. The Morgan fingerprint density at radius 3 is 2.35 bits per heavy atom. The predicted molar refractivity (Wildman–Crippen MR) is 113 cm³/mol. The molecule has 0 aliphatic rings. The first-order valence-corrected chi connectivity index (χ1v) is 9.56. The second-order valence-electron chi connectivity index (χ2n) is 6.53. The van der Waals surface area contributed by atoms with E-state index in [1.165, 1.54) is 36.9 Å². The van der Waals surface area contributed by atoms with Crippen LogP contribution in [0.1, 0.15) is 5.69 Å². The zero-order valence-electron chi connectivity index (χ0n) is 14.4. The number of nitrogens with zero attached hydrogens (tertiary/aromatic N) is 1. The zero-order valence-corrected chi connectivity index (χ0v) is 15.3. The summed E-state index contributed by atoms with van der Waals surface area (Å²) in [6, 6.07) is 30.0. The van der Waals surface area contributed by atoms with Gasteiger partial charge in [0.1, 0.15) is 0 Å². The highest BCUT2D eigenvalue weighted by atomic mass is 32.1. The summed E-state index contributed by atoms with van der Waals surface area (Å²) in [6.45, 7) is 2.07. The van der Waals surface area contributed by atoms with Gasteiger partial charge in [0, 0.05) is 31.4 Å². The maximum Gasteiger partial charge on any atom is 0.0725 e. The van der Waals surface area contributed by atoms with E-state index in [1.807, 2.05) is 11.3 Å². The quantitative estimate of drug-likeness (QED) is 0.331. The summed E-state index contributed by atoms with van der Waals surface area (Å²) in [6.07, 6.45) is 0. The van der Waals surface area contributed by atoms with Crippen LogP contribution in [0.2, 0.25) is 0 Å². The molecule has 2 aromatic heterocycles. The van der Waals surface area contributed by atoms with Crippen LogP contribution in [0.5, 0.6) is 0 Å². The summed E-state index contributed by atoms with van der Waals surface area (Å²) in [5, 5.41) is 2.64. The highest BCUT2D eigenvalue weighted by Crippen LogP contribution is 2.39. The molecule has 2 heteroatoms. The summed E-state index contributed by atoms with van der Waals surface area (Å²) in [5.74, 6) is 0. The van der Waals surface area contributed by atoms with Crippen molar-refractivity contribution < 1.29 is 0 Å². The minimum absolute atomic E-state index is 1.04. The monoisotopic (exact) mass is 351 g/mol. The van der Waals surface area contributed by atoms with Gasteiger partial charge in [-0.2, -0.15) is 0 Å². The van der Waals surface area contributed by atoms with Crippen molar-refractivity contribution in [2.24, 2.45) is 0 Å². The third-order valence-corrected chi connectivity index (χ3v) is 5.96. The van der Waals surface area contributed by atoms with Gasteiger partial charge in [-0.05, 0) is 36.2 Å². The Hall–Kier alpha value is -2.97. The van der Waals surface area contributed by atoms with Crippen LogP contribution in [0.3, 0.4) is 0 Å². The Bertz CT molecular complexity index is 1240. The molecule has 5 aromatic rings. The van der Waals surface area contributed by atoms with E-state index < -0.39 is 0 Å². The molecule has 1 nitrogen and oxygen atoms in total. The third kappa shape index (κ3) is 2.51. The summed E-state index contributed by atoms with van der Waals surface area (Å²) >= 11 is 1.85. The van der Waals surface area contributed by atoms with Gasteiger partial charge in [-0.25, -0.2) is 0 Å². The van der Waals surface area contributed by atoms with Crippen molar-refractivity contribution in [3.63, 3.8) is 0 Å². The number of pyridine rings is 1. The fourth-order valence-corrected chi connectivity index (χ4v) is 4.78. The SMILES string of the molecule is Cc1cc(-c2ccccc2)cc(-c2cccc3c2sc2ccccc23)n1. The van der Waals surface area contributed by atoms with Crippen LogP contribution in [-0.2, 0) is 0 Å². The molecule has 5 rings (SSSR count). The van der Waals surface area contributed by atoms with Gasteiger partial charge < -0.3 is 0 Å². The van der Waals surface area contributed by atoms with Crippen molar-refractivity contribution in [3.05, 3.63) is 90.6 Å². The maximum absolute atomic E-state index is 4.86. The molecule has 26 heavy (non-hydrogen) atoms. The molecule has 124 valence electrons. The molecule has 0 aliphatic heterocycles. The molecular weight excluding hydrogens is 334 g/mol. The largest absolute Gasteiger partial charge is 0.253 e. The number of thiophene rings is 1. The minimum atomic E-state index is 1.04. The molecule has 0 radical (unpaired) electrons. The maximum atomic E-state index is 4.86. The molecular formula is C24H17NS. The second kappa shape index (κ2) is 6.08. The van der Waals surface area contributed by atoms with Gasteiger partial charge in [0.25, 0.3) is 0 Å². The van der Waals surface area contributed by atoms with Gasteiger partial charge in [-0.15, -0.1) is 11.3 Å². The predicted octanol–water partition coefficient (Wildman–Crippen LogP) is 7.09. The lowest BCUT2D eigenvalue weighted by Gasteiger charge is -2.08. The first-order chi connectivity index (χ1) is 12.8. The first-order valence-electron chi connectivity index (χ1n) is 8.74. The van der Waals surface area contributed by atoms with Crippen LogP contribution in [0.15, 0.2) is 84.9 Å². The molecule has 0 amide bonds. The number of rotatable bonds is 2. The van der Waals surface area contributed by atoms with Gasteiger partial charge in [0.15, 0.2) is 0 Å². The van der Waals surface area contributed by atoms with Crippen LogP contribution >= 0.6 is 11.3 Å². The van der Waals surface area contributed by atoms with E-state index in [-0.39, 0.29) is 0 Å². The van der Waals surface area contributed by atoms with Crippen molar-refractivity contribution in [3.8, 4) is 22.4 Å². The summed E-state index contributed by atoms with van der Waals surface area (Å²) < 4.78 is 2.64. The molecule has 0 unspecified atom stereocenters. The van der Waals surface area contributed by atoms with Crippen molar-refractivity contribution in [2.45, 2.75) is 6.92 Å². The van der Waals surface area contributed by atoms with Gasteiger partial charge in [0.2, 0.25) is 0 Å². The average Bonchev–Trinajstić information content (AvgIpc) is 3.07. The zero-order chi connectivity index (χ0) is 17.5. The Kier molecular flexibility index (Phi) is 3.58. The van der Waals surface area contributed by atoms with E-state index in [0.29, 0.717) is 0 Å². The van der Waals surface area contributed by atoms with Crippen molar-refractivity contribution in [2.75, 3.05) is 0 Å². The van der Waals surface area contributed by atoms with Gasteiger partial charge in [-0.3, -0.25) is 4.98 Å². The standard InChI is InChI=1S/C24H17NS/c1-16-14-18(17-8-3-2-4-9-17)15-22(25-16)21-12-7-11-20-19-10-5-6-13-23(19)26-24(20)21/h2-15H,1H3. The van der Waals surface area contributed by atoms with E-state index >= 15 is 0 Å². The summed E-state index contributed by atoms with van der Waals surface area (Å²) in [7, 11) is 0. The van der Waals surface area contributed by atoms with Crippen molar-refractivity contribution in [1.82, 2.24) is 4.98 Å². The number of aryl methyl sites for hydroxylation is 1. The van der Waals surface area contributed by atoms with Crippen LogP contribution in [0, 0.1) is 6.92 Å². The van der Waals surface area contributed by atoms with Crippen LogP contribution in [0.25, 0.3) is 42.6 Å². The molecule has 0 fully saturated rings. The fourth-order valence-electron chi connectivity index (χ4n) is 3.55. The van der Waals surface area contributed by atoms with Gasteiger partial charge >= 0.3 is 0 Å². The summed E-state index contributed by atoms with van der Waals surface area (Å²) in [5.41, 5.74) is 5.74. The summed E-state index contributed by atoms with van der Waals surface area (Å²) in [4.78, 5) is 4.86. The van der Waals surface area contributed by atoms with E-state index in [1.54, 1.807) is 0 Å². The molecule has 3 aromatic carbocycles. The highest BCUT2D eigenvalue weighted by molar-refractivity contribution is 7.26. The van der Waals surface area contributed by atoms with Crippen LogP contribution < -0.4 is 0 Å². The third-order valence-electron chi connectivity index (χ3n) is 4.74. The topological polar surface area (TPSA) is 12.9 Å². The van der Waals surface area contributed by atoms with Crippen molar-refractivity contribution in [1.29, 1.82) is 0 Å². The molecule has 0 aliphatic carbocycles. The lowest BCUT2D eigenvalue weighted by molar-refractivity contribution is 1.21. The van der Waals surface area contributed by atoms with Gasteiger partial charge in [-0.1, -0.05) is 66.7 Å². The van der Waals surface area contributed by atoms with E-state index in [9.17, 15) is 0 Å². The fraction of sp³-hybridized carbons (Fsp3) is 0.0417. The molecule has 0 N–H and O–H groups in total. The lowest BCUT2D eigenvalue weighted by atomic mass is 10.0. The van der Waals surface area contributed by atoms with E-state index in [4.69, 9.17) is 4.98 Å². The number of benzene rings is 3. The smallest absolute Gasteiger partial charge is 0.0725 e. The van der Waals surface area contributed by atoms with E-state index in [2.05, 4.69) is 91.9 Å². The van der Waals surface area contributed by atoms with Crippen LogP contribution in [0.4, 0.5) is 0 Å². The molecule has 0 atom stereocenters. The van der Waals surface area contributed by atoms with Crippen LogP contribution in [-0.4, -0.2) is 4.98 Å². The Balaban J connectivity index is 1.77. The molecule has 0 bridgehead atoms. The lowest BCUT2D eigenvalue weighted by Crippen LogP contribution is -1.90. The number of hydrogen-bond acceptors (Lipinski definition) is 2. The molecule has 0 spiro atoms. The Morgan fingerprint density at radius 2 is 1.46 bits per heavy atom. The highest BCUT2D eigenvalue weighted by Gasteiger charge is 2.12. The van der Waals surface area contributed by atoms with Gasteiger partial charge in [0.05, 0.1) is 5.69 Å². The normalized spacial score (nSPS) is 11.3.